The zero-order valence-electron chi connectivity index (χ0n) is 11.9. The van der Waals surface area contributed by atoms with Gasteiger partial charge in [0.05, 0.1) is 5.56 Å². The number of rotatable bonds is 2. The molecule has 0 amide bonds. The van der Waals surface area contributed by atoms with Crippen LogP contribution in [0.3, 0.4) is 0 Å². The highest BCUT2D eigenvalue weighted by molar-refractivity contribution is 7.80. The monoisotopic (exact) mass is 278 g/mol. The van der Waals surface area contributed by atoms with Crippen LogP contribution in [0.5, 0.6) is 0 Å². The lowest BCUT2D eigenvalue weighted by Gasteiger charge is -2.30. The van der Waals surface area contributed by atoms with Gasteiger partial charge >= 0.3 is 0 Å². The van der Waals surface area contributed by atoms with E-state index in [4.69, 9.17) is 18.0 Å². The van der Waals surface area contributed by atoms with Gasteiger partial charge in [0.2, 0.25) is 0 Å². The highest BCUT2D eigenvalue weighted by Gasteiger charge is 2.23. The van der Waals surface area contributed by atoms with E-state index in [-0.39, 0.29) is 0 Å². The van der Waals surface area contributed by atoms with Gasteiger partial charge in [0.1, 0.15) is 10.8 Å². The van der Waals surface area contributed by atoms with Gasteiger partial charge in [0.25, 0.3) is 0 Å². The molecule has 0 aromatic carbocycles. The van der Waals surface area contributed by atoms with Crippen LogP contribution in [0.25, 0.3) is 0 Å². The number of pyridine rings is 1. The Morgan fingerprint density at radius 2 is 2.16 bits per heavy atom. The minimum absolute atomic E-state index is 0.412. The van der Waals surface area contributed by atoms with Crippen LogP contribution in [0.2, 0.25) is 0 Å². The van der Waals surface area contributed by atoms with E-state index in [1.54, 1.807) is 0 Å². The van der Waals surface area contributed by atoms with Gasteiger partial charge < -0.3 is 15.5 Å². The molecule has 2 N–H and O–H groups in total. The van der Waals surface area contributed by atoms with E-state index in [0.717, 1.165) is 43.1 Å². The van der Waals surface area contributed by atoms with Gasteiger partial charge in [-0.25, -0.2) is 4.98 Å². The normalized spacial score (nSPS) is 21.2. The number of hydrogen-bond acceptors (Lipinski definition) is 4. The molecule has 5 heteroatoms. The number of likely N-dealkylation sites (N-methyl/N-ethyl adjacent to an activating group) is 1. The predicted octanol–water partition coefficient (Wildman–Crippen LogP) is 1.55. The van der Waals surface area contributed by atoms with Gasteiger partial charge in [0.15, 0.2) is 0 Å². The van der Waals surface area contributed by atoms with E-state index >= 15 is 0 Å². The van der Waals surface area contributed by atoms with Crippen molar-refractivity contribution in [2.75, 3.05) is 31.6 Å². The number of hydrogen-bond donors (Lipinski definition) is 1. The molecule has 2 rings (SSSR count). The van der Waals surface area contributed by atoms with Crippen molar-refractivity contribution in [2.45, 2.75) is 26.3 Å². The summed E-state index contributed by atoms with van der Waals surface area (Å²) >= 11 is 5.16. The molecule has 0 radical (unpaired) electrons. The van der Waals surface area contributed by atoms with Crippen LogP contribution in [-0.4, -0.2) is 47.6 Å². The Morgan fingerprint density at radius 3 is 2.84 bits per heavy atom. The van der Waals surface area contributed by atoms with Crippen molar-refractivity contribution >= 4 is 23.0 Å². The smallest absolute Gasteiger partial charge is 0.139 e. The topological polar surface area (TPSA) is 45.4 Å². The van der Waals surface area contributed by atoms with E-state index in [9.17, 15) is 0 Å². The molecule has 1 aromatic heterocycles. The first-order chi connectivity index (χ1) is 8.99. The third kappa shape index (κ3) is 3.22. The molecule has 1 aliphatic heterocycles. The Morgan fingerprint density at radius 1 is 1.42 bits per heavy atom. The van der Waals surface area contributed by atoms with E-state index in [0.29, 0.717) is 11.0 Å². The standard InChI is InChI=1S/C14H22N4S/c1-10-5-6-12(13(15)19)14(16-10)18-8-4-7-17(3)9-11(18)2/h5-6,11H,4,7-9H2,1-3H3,(H2,15,19). The van der Waals surface area contributed by atoms with Crippen molar-refractivity contribution in [2.24, 2.45) is 5.73 Å². The second-order valence-electron chi connectivity index (χ2n) is 5.35. The number of aryl methyl sites for hydroxylation is 1. The highest BCUT2D eigenvalue weighted by atomic mass is 32.1. The van der Waals surface area contributed by atoms with Crippen molar-refractivity contribution in [3.8, 4) is 0 Å². The lowest BCUT2D eigenvalue weighted by atomic mass is 10.2. The van der Waals surface area contributed by atoms with Gasteiger partial charge in [-0.1, -0.05) is 12.2 Å². The van der Waals surface area contributed by atoms with Crippen LogP contribution in [0.1, 0.15) is 24.6 Å². The molecule has 0 saturated carbocycles. The Labute approximate surface area is 120 Å². The maximum Gasteiger partial charge on any atom is 0.139 e. The quantitative estimate of drug-likeness (QED) is 0.832. The summed E-state index contributed by atoms with van der Waals surface area (Å²) in [6.45, 7) is 7.38. The molecule has 0 bridgehead atoms. The largest absolute Gasteiger partial charge is 0.389 e. The number of aromatic nitrogens is 1. The minimum atomic E-state index is 0.412. The minimum Gasteiger partial charge on any atom is -0.389 e. The molecule has 1 atom stereocenters. The summed E-state index contributed by atoms with van der Waals surface area (Å²) < 4.78 is 0. The Bertz CT molecular complexity index is 475. The van der Waals surface area contributed by atoms with Gasteiger partial charge in [-0.05, 0) is 46.0 Å². The molecule has 2 heterocycles. The first-order valence-corrected chi connectivity index (χ1v) is 7.12. The van der Waals surface area contributed by atoms with Gasteiger partial charge in [-0.2, -0.15) is 0 Å². The summed E-state index contributed by atoms with van der Waals surface area (Å²) in [7, 11) is 2.16. The molecular weight excluding hydrogens is 256 g/mol. The summed E-state index contributed by atoms with van der Waals surface area (Å²) in [5, 5.41) is 0. The summed E-state index contributed by atoms with van der Waals surface area (Å²) in [6.07, 6.45) is 1.13. The molecule has 0 spiro atoms. The number of nitrogens with two attached hydrogens (primary N) is 1. The van der Waals surface area contributed by atoms with Crippen LogP contribution in [0, 0.1) is 6.92 Å². The predicted molar refractivity (Wildman–Crippen MR) is 83.8 cm³/mol. The van der Waals surface area contributed by atoms with Crippen molar-refractivity contribution < 1.29 is 0 Å². The Hall–Kier alpha value is -1.20. The summed E-state index contributed by atoms with van der Waals surface area (Å²) in [4.78, 5) is 9.80. The molecule has 0 aliphatic carbocycles. The zero-order chi connectivity index (χ0) is 14.0. The maximum absolute atomic E-state index is 5.84. The van der Waals surface area contributed by atoms with Crippen LogP contribution in [0.15, 0.2) is 12.1 Å². The van der Waals surface area contributed by atoms with Crippen LogP contribution >= 0.6 is 12.2 Å². The van der Waals surface area contributed by atoms with Gasteiger partial charge in [-0.3, -0.25) is 0 Å². The Balaban J connectivity index is 2.38. The third-order valence-corrected chi connectivity index (χ3v) is 3.82. The highest BCUT2D eigenvalue weighted by Crippen LogP contribution is 2.23. The second-order valence-corrected chi connectivity index (χ2v) is 5.79. The first-order valence-electron chi connectivity index (χ1n) is 6.71. The molecule has 1 aromatic rings. The summed E-state index contributed by atoms with van der Waals surface area (Å²) in [6, 6.07) is 4.36. The summed E-state index contributed by atoms with van der Waals surface area (Å²) in [5.74, 6) is 0.940. The SMILES string of the molecule is Cc1ccc(C(N)=S)c(N2CCCN(C)CC2C)n1. The fraction of sp³-hybridized carbons (Fsp3) is 0.571. The lowest BCUT2D eigenvalue weighted by molar-refractivity contribution is 0.337. The molecule has 4 nitrogen and oxygen atoms in total. The second kappa shape index (κ2) is 5.84. The molecule has 104 valence electrons. The molecule has 1 fully saturated rings. The van der Waals surface area contributed by atoms with E-state index in [1.807, 2.05) is 19.1 Å². The van der Waals surface area contributed by atoms with Crippen molar-refractivity contribution in [3.63, 3.8) is 0 Å². The number of anilines is 1. The zero-order valence-corrected chi connectivity index (χ0v) is 12.7. The Kier molecular flexibility index (Phi) is 4.37. The van der Waals surface area contributed by atoms with E-state index in [1.165, 1.54) is 0 Å². The van der Waals surface area contributed by atoms with Gasteiger partial charge in [-0.15, -0.1) is 0 Å². The average molecular weight is 278 g/mol. The van der Waals surface area contributed by atoms with Crippen molar-refractivity contribution in [3.05, 3.63) is 23.4 Å². The van der Waals surface area contributed by atoms with Crippen LogP contribution < -0.4 is 10.6 Å². The lowest BCUT2D eigenvalue weighted by Crippen LogP contribution is -2.39. The number of nitrogens with zero attached hydrogens (tertiary/aromatic N) is 3. The van der Waals surface area contributed by atoms with E-state index < -0.39 is 0 Å². The summed E-state index contributed by atoms with van der Waals surface area (Å²) in [5.41, 5.74) is 7.72. The van der Waals surface area contributed by atoms with Crippen molar-refractivity contribution in [1.29, 1.82) is 0 Å². The van der Waals surface area contributed by atoms with Crippen molar-refractivity contribution in [1.82, 2.24) is 9.88 Å². The van der Waals surface area contributed by atoms with Crippen LogP contribution in [-0.2, 0) is 0 Å². The molecule has 1 aliphatic rings. The number of thiocarbonyl (C=S) groups is 1. The molecular formula is C14H22N4S. The maximum atomic E-state index is 5.84. The third-order valence-electron chi connectivity index (χ3n) is 3.60. The molecule has 1 saturated heterocycles. The van der Waals surface area contributed by atoms with Gasteiger partial charge in [0, 0.05) is 24.8 Å². The van der Waals surface area contributed by atoms with Crippen LogP contribution in [0.4, 0.5) is 5.82 Å². The van der Waals surface area contributed by atoms with E-state index in [2.05, 4.69) is 28.8 Å². The molecule has 19 heavy (non-hydrogen) atoms. The molecule has 1 unspecified atom stereocenters. The fourth-order valence-corrected chi connectivity index (χ4v) is 2.80. The average Bonchev–Trinajstić information content (AvgIpc) is 2.49. The first kappa shape index (κ1) is 14.2. The fourth-order valence-electron chi connectivity index (χ4n) is 2.64.